The summed E-state index contributed by atoms with van der Waals surface area (Å²) < 4.78 is 27.1. The van der Waals surface area contributed by atoms with Crippen LogP contribution in [0, 0.1) is 12.8 Å². The van der Waals surface area contributed by atoms with Crippen molar-refractivity contribution >= 4 is 10.0 Å². The molecular formula is C13H25N5O2S. The third-order valence-electron chi connectivity index (χ3n) is 3.98. The maximum Gasteiger partial charge on any atom is 0.246 e. The number of rotatable bonds is 6. The van der Waals surface area contributed by atoms with Crippen LogP contribution in [0.5, 0.6) is 0 Å². The van der Waals surface area contributed by atoms with E-state index >= 15 is 0 Å². The number of sulfonamides is 1. The number of aromatic amines is 1. The van der Waals surface area contributed by atoms with Gasteiger partial charge in [-0.2, -0.15) is 5.10 Å². The zero-order chi connectivity index (χ0) is 15.6. The molecule has 1 aromatic rings. The molecule has 0 amide bonds. The Kier molecular flexibility index (Phi) is 5.03. The summed E-state index contributed by atoms with van der Waals surface area (Å²) in [5, 5.41) is 9.83. The maximum absolute atomic E-state index is 12.8. The number of aromatic nitrogens is 2. The fraction of sp³-hybridized carbons (Fsp3) is 0.769. The molecular weight excluding hydrogens is 290 g/mol. The number of aryl methyl sites for hydroxylation is 1. The van der Waals surface area contributed by atoms with Crippen molar-refractivity contribution in [1.82, 2.24) is 24.7 Å². The first-order valence-electron chi connectivity index (χ1n) is 7.19. The van der Waals surface area contributed by atoms with Crippen LogP contribution in [0.2, 0.25) is 0 Å². The van der Waals surface area contributed by atoms with E-state index in [1.807, 2.05) is 0 Å². The summed E-state index contributed by atoms with van der Waals surface area (Å²) in [5.41, 5.74) is 1.14. The minimum Gasteiger partial charge on any atom is -0.314 e. The van der Waals surface area contributed by atoms with Crippen LogP contribution >= 0.6 is 0 Å². The zero-order valence-corrected chi connectivity index (χ0v) is 14.0. The molecule has 2 N–H and O–H groups in total. The molecule has 7 nitrogen and oxygen atoms in total. The van der Waals surface area contributed by atoms with Gasteiger partial charge in [-0.1, -0.05) is 0 Å². The van der Waals surface area contributed by atoms with E-state index in [4.69, 9.17) is 0 Å². The van der Waals surface area contributed by atoms with Gasteiger partial charge in [0.15, 0.2) is 0 Å². The Morgan fingerprint density at radius 3 is 2.81 bits per heavy atom. The predicted octanol–water partition coefficient (Wildman–Crippen LogP) is 0.00972. The molecule has 1 fully saturated rings. The Labute approximate surface area is 126 Å². The minimum absolute atomic E-state index is 0.311. The summed E-state index contributed by atoms with van der Waals surface area (Å²) in [4.78, 5) is 2.55. The second-order valence-electron chi connectivity index (χ2n) is 5.86. The third kappa shape index (κ3) is 3.45. The molecule has 21 heavy (non-hydrogen) atoms. The highest BCUT2D eigenvalue weighted by atomic mass is 32.2. The fourth-order valence-corrected chi connectivity index (χ4v) is 4.46. The minimum atomic E-state index is -3.50. The summed E-state index contributed by atoms with van der Waals surface area (Å²) in [6.07, 6.45) is 1.05. The lowest BCUT2D eigenvalue weighted by Crippen LogP contribution is -2.33. The average Bonchev–Trinajstić information content (AvgIpc) is 2.97. The van der Waals surface area contributed by atoms with Crippen LogP contribution in [-0.2, 0) is 16.6 Å². The lowest BCUT2D eigenvalue weighted by Gasteiger charge is -2.21. The van der Waals surface area contributed by atoms with Gasteiger partial charge in [-0.05, 0) is 39.9 Å². The lowest BCUT2D eigenvalue weighted by atomic mass is 10.1. The van der Waals surface area contributed by atoms with Gasteiger partial charge in [-0.25, -0.2) is 12.7 Å². The van der Waals surface area contributed by atoms with Crippen LogP contribution in [0.3, 0.4) is 0 Å². The van der Waals surface area contributed by atoms with Gasteiger partial charge in [0.05, 0.1) is 11.4 Å². The molecule has 1 aliphatic rings. The molecule has 120 valence electrons. The summed E-state index contributed by atoms with van der Waals surface area (Å²) in [5.74, 6) is 0.398. The first kappa shape index (κ1) is 16.4. The van der Waals surface area contributed by atoms with Gasteiger partial charge in [-0.15, -0.1) is 0 Å². The quantitative estimate of drug-likeness (QED) is 0.773. The summed E-state index contributed by atoms with van der Waals surface area (Å²) in [6, 6.07) is 0. The van der Waals surface area contributed by atoms with E-state index in [0.717, 1.165) is 19.5 Å². The Bertz CT molecular complexity index is 583. The van der Waals surface area contributed by atoms with E-state index < -0.39 is 10.0 Å². The Balaban J connectivity index is 2.19. The normalized spacial score (nSPS) is 20.5. The van der Waals surface area contributed by atoms with Crippen molar-refractivity contribution in [2.75, 3.05) is 40.8 Å². The van der Waals surface area contributed by atoms with E-state index in [1.54, 1.807) is 21.0 Å². The van der Waals surface area contributed by atoms with Gasteiger partial charge in [0.1, 0.15) is 4.90 Å². The van der Waals surface area contributed by atoms with E-state index in [0.29, 0.717) is 35.3 Å². The highest BCUT2D eigenvalue weighted by Crippen LogP contribution is 2.24. The monoisotopic (exact) mass is 315 g/mol. The number of likely N-dealkylation sites (tertiary alicyclic amines) is 1. The van der Waals surface area contributed by atoms with Crippen LogP contribution in [0.4, 0.5) is 0 Å². The summed E-state index contributed by atoms with van der Waals surface area (Å²) in [7, 11) is 2.00. The van der Waals surface area contributed by atoms with Crippen LogP contribution in [0.15, 0.2) is 4.90 Å². The second kappa shape index (κ2) is 6.43. The van der Waals surface area contributed by atoms with Gasteiger partial charge >= 0.3 is 0 Å². The van der Waals surface area contributed by atoms with Crippen molar-refractivity contribution in [3.63, 3.8) is 0 Å². The standard InChI is InChI=1S/C13H25N5O2S/c1-10-13(12(7-14-2)16-15-10)21(19,20)18(4)9-11-5-6-17(3)8-11/h11,14H,5-9H2,1-4H3,(H,15,16). The number of H-pyrrole nitrogens is 1. The molecule has 0 aromatic carbocycles. The smallest absolute Gasteiger partial charge is 0.246 e. The highest BCUT2D eigenvalue weighted by molar-refractivity contribution is 7.89. The van der Waals surface area contributed by atoms with E-state index in [2.05, 4.69) is 27.5 Å². The fourth-order valence-electron chi connectivity index (χ4n) is 2.89. The molecule has 1 aromatic heterocycles. The molecule has 1 unspecified atom stereocenters. The van der Waals surface area contributed by atoms with Crippen LogP contribution in [0.25, 0.3) is 0 Å². The summed E-state index contributed by atoms with van der Waals surface area (Å²) >= 11 is 0. The molecule has 0 bridgehead atoms. The average molecular weight is 315 g/mol. The molecule has 2 rings (SSSR count). The van der Waals surface area contributed by atoms with Gasteiger partial charge in [0.25, 0.3) is 0 Å². The first-order valence-corrected chi connectivity index (χ1v) is 8.63. The van der Waals surface area contributed by atoms with E-state index in [-0.39, 0.29) is 0 Å². The highest BCUT2D eigenvalue weighted by Gasteiger charge is 2.31. The Hall–Kier alpha value is -0.960. The number of nitrogens with one attached hydrogen (secondary N) is 2. The van der Waals surface area contributed by atoms with Crippen molar-refractivity contribution in [2.24, 2.45) is 5.92 Å². The van der Waals surface area contributed by atoms with Gasteiger partial charge in [-0.3, -0.25) is 5.10 Å². The van der Waals surface area contributed by atoms with E-state index in [9.17, 15) is 8.42 Å². The lowest BCUT2D eigenvalue weighted by molar-refractivity contribution is 0.356. The molecule has 0 spiro atoms. The van der Waals surface area contributed by atoms with Crippen molar-refractivity contribution in [1.29, 1.82) is 0 Å². The van der Waals surface area contributed by atoms with Crippen LogP contribution < -0.4 is 5.32 Å². The molecule has 0 radical (unpaired) electrons. The van der Waals surface area contributed by atoms with Crippen LogP contribution in [-0.4, -0.2) is 68.6 Å². The third-order valence-corrected chi connectivity index (χ3v) is 6.01. The molecule has 0 saturated carbocycles. The number of hydrogen-bond donors (Lipinski definition) is 2. The predicted molar refractivity (Wildman–Crippen MR) is 81.5 cm³/mol. The zero-order valence-electron chi connectivity index (χ0n) is 13.2. The first-order chi connectivity index (χ1) is 9.86. The van der Waals surface area contributed by atoms with Gasteiger partial charge < -0.3 is 10.2 Å². The summed E-state index contributed by atoms with van der Waals surface area (Å²) in [6.45, 7) is 4.72. The van der Waals surface area contributed by atoms with Gasteiger partial charge in [0, 0.05) is 26.7 Å². The van der Waals surface area contributed by atoms with Crippen molar-refractivity contribution in [2.45, 2.75) is 24.8 Å². The van der Waals surface area contributed by atoms with Crippen LogP contribution in [0.1, 0.15) is 17.8 Å². The van der Waals surface area contributed by atoms with Crippen molar-refractivity contribution < 1.29 is 8.42 Å². The van der Waals surface area contributed by atoms with E-state index in [1.165, 1.54) is 4.31 Å². The largest absolute Gasteiger partial charge is 0.314 e. The SMILES string of the molecule is CNCc1n[nH]c(C)c1S(=O)(=O)N(C)CC1CCN(C)C1. The molecule has 0 aliphatic carbocycles. The van der Waals surface area contributed by atoms with Gasteiger partial charge in [0.2, 0.25) is 10.0 Å². The molecule has 1 aliphatic heterocycles. The Morgan fingerprint density at radius 1 is 1.52 bits per heavy atom. The molecule has 8 heteroatoms. The maximum atomic E-state index is 12.8. The second-order valence-corrected chi connectivity index (χ2v) is 7.84. The number of hydrogen-bond acceptors (Lipinski definition) is 5. The van der Waals surface area contributed by atoms with Crippen molar-refractivity contribution in [3.8, 4) is 0 Å². The molecule has 2 heterocycles. The Morgan fingerprint density at radius 2 is 2.24 bits per heavy atom. The molecule has 1 saturated heterocycles. The number of nitrogens with zero attached hydrogens (tertiary/aromatic N) is 3. The molecule has 1 atom stereocenters. The topological polar surface area (TPSA) is 81.3 Å². The van der Waals surface area contributed by atoms with Crippen molar-refractivity contribution in [3.05, 3.63) is 11.4 Å².